The minimum Gasteiger partial charge on any atom is -0.489 e. The Morgan fingerprint density at radius 1 is 1.15 bits per heavy atom. The zero-order valence-electron chi connectivity index (χ0n) is 14.4. The highest BCUT2D eigenvalue weighted by Gasteiger charge is 2.14. The third-order valence-electron chi connectivity index (χ3n) is 3.49. The van der Waals surface area contributed by atoms with Crippen molar-refractivity contribution >= 4 is 17.6 Å². The molecule has 0 radical (unpaired) electrons. The third-order valence-corrected chi connectivity index (χ3v) is 3.49. The van der Waals surface area contributed by atoms with Gasteiger partial charge in [-0.1, -0.05) is 0 Å². The summed E-state index contributed by atoms with van der Waals surface area (Å²) in [6, 6.07) is 7.18. The molecule has 0 saturated heterocycles. The molecule has 0 aliphatic rings. The molecule has 5 nitrogen and oxygen atoms in total. The number of rotatable bonds is 7. The van der Waals surface area contributed by atoms with E-state index in [0.29, 0.717) is 5.75 Å². The number of halogens is 2. The van der Waals surface area contributed by atoms with Crippen molar-refractivity contribution in [3.63, 3.8) is 0 Å². The summed E-state index contributed by atoms with van der Waals surface area (Å²) >= 11 is 0. The van der Waals surface area contributed by atoms with Crippen LogP contribution in [0.1, 0.15) is 36.2 Å². The molecule has 0 aromatic heterocycles. The fourth-order valence-corrected chi connectivity index (χ4v) is 2.31. The SMILES string of the molecule is CC(C)Oc1ccc(C(=O)O)cc1NC(=O)CCc1cc(F)ccc1F. The Kier molecular flexibility index (Phi) is 6.27. The van der Waals surface area contributed by atoms with Gasteiger partial charge in [0.2, 0.25) is 5.91 Å². The van der Waals surface area contributed by atoms with Gasteiger partial charge in [0.05, 0.1) is 17.4 Å². The molecule has 1 amide bonds. The lowest BCUT2D eigenvalue weighted by atomic mass is 10.1. The summed E-state index contributed by atoms with van der Waals surface area (Å²) < 4.78 is 32.3. The number of carboxylic acids is 1. The standard InChI is InChI=1S/C19H19F2NO4/c1-11(2)26-17-7-3-13(19(24)25)10-16(17)22-18(23)8-4-12-9-14(20)5-6-15(12)21/h3,5-7,9-11H,4,8H2,1-2H3,(H,22,23)(H,24,25). The van der Waals surface area contributed by atoms with Crippen molar-refractivity contribution in [2.75, 3.05) is 5.32 Å². The van der Waals surface area contributed by atoms with Gasteiger partial charge in [-0.25, -0.2) is 13.6 Å². The van der Waals surface area contributed by atoms with Gasteiger partial charge in [0.25, 0.3) is 0 Å². The molecule has 0 aliphatic carbocycles. The Morgan fingerprint density at radius 2 is 1.88 bits per heavy atom. The summed E-state index contributed by atoms with van der Waals surface area (Å²) in [5, 5.41) is 11.7. The van der Waals surface area contributed by atoms with Crippen molar-refractivity contribution in [2.24, 2.45) is 0 Å². The molecule has 0 spiro atoms. The van der Waals surface area contributed by atoms with Gasteiger partial charge >= 0.3 is 5.97 Å². The van der Waals surface area contributed by atoms with E-state index in [0.717, 1.165) is 18.2 Å². The summed E-state index contributed by atoms with van der Waals surface area (Å²) in [6.07, 6.45) is -0.268. The molecule has 138 valence electrons. The minimum absolute atomic E-state index is 0.00687. The van der Waals surface area contributed by atoms with Crippen LogP contribution >= 0.6 is 0 Å². The Labute approximate surface area is 149 Å². The second kappa shape index (κ2) is 8.42. The minimum atomic E-state index is -1.14. The van der Waals surface area contributed by atoms with Crippen molar-refractivity contribution in [2.45, 2.75) is 32.8 Å². The van der Waals surface area contributed by atoms with Gasteiger partial charge < -0.3 is 15.2 Å². The van der Waals surface area contributed by atoms with Crippen LogP contribution < -0.4 is 10.1 Å². The first-order chi connectivity index (χ1) is 12.3. The molecule has 0 saturated carbocycles. The molecule has 2 N–H and O–H groups in total. The highest BCUT2D eigenvalue weighted by molar-refractivity contribution is 5.95. The summed E-state index contributed by atoms with van der Waals surface area (Å²) in [7, 11) is 0. The van der Waals surface area contributed by atoms with Crippen LogP contribution in [0, 0.1) is 11.6 Å². The quantitative estimate of drug-likeness (QED) is 0.779. The number of benzene rings is 2. The van der Waals surface area contributed by atoms with E-state index in [4.69, 9.17) is 9.84 Å². The van der Waals surface area contributed by atoms with E-state index < -0.39 is 23.5 Å². The van der Waals surface area contributed by atoms with Crippen LogP contribution in [0.5, 0.6) is 5.75 Å². The number of aryl methyl sites for hydroxylation is 1. The van der Waals surface area contributed by atoms with Crippen molar-refractivity contribution in [3.8, 4) is 5.75 Å². The number of carbonyl (C=O) groups is 2. The van der Waals surface area contributed by atoms with E-state index in [1.807, 2.05) is 0 Å². The van der Waals surface area contributed by atoms with Crippen LogP contribution in [0.3, 0.4) is 0 Å². The molecule has 0 unspecified atom stereocenters. The lowest BCUT2D eigenvalue weighted by molar-refractivity contribution is -0.116. The number of ether oxygens (including phenoxy) is 1. The first-order valence-corrected chi connectivity index (χ1v) is 8.04. The van der Waals surface area contributed by atoms with Gasteiger partial charge in [0, 0.05) is 6.42 Å². The first kappa shape index (κ1) is 19.4. The fraction of sp³-hybridized carbons (Fsp3) is 0.263. The maximum Gasteiger partial charge on any atom is 0.335 e. The lowest BCUT2D eigenvalue weighted by Crippen LogP contribution is -2.16. The summed E-state index contributed by atoms with van der Waals surface area (Å²) in [6.45, 7) is 3.59. The number of anilines is 1. The normalized spacial score (nSPS) is 10.7. The van der Waals surface area contributed by atoms with Gasteiger partial charge in [-0.3, -0.25) is 4.79 Å². The molecular formula is C19H19F2NO4. The predicted octanol–water partition coefficient (Wildman–Crippen LogP) is 4.02. The van der Waals surface area contributed by atoms with Crippen molar-refractivity contribution in [3.05, 3.63) is 59.2 Å². The zero-order valence-corrected chi connectivity index (χ0v) is 14.4. The number of carbonyl (C=O) groups excluding carboxylic acids is 1. The number of aromatic carboxylic acids is 1. The molecule has 2 aromatic carbocycles. The Hall–Kier alpha value is -2.96. The average molecular weight is 363 g/mol. The summed E-state index contributed by atoms with van der Waals surface area (Å²) in [5.74, 6) is -2.45. The van der Waals surface area contributed by atoms with E-state index in [-0.39, 0.29) is 35.8 Å². The fourth-order valence-electron chi connectivity index (χ4n) is 2.31. The molecule has 7 heteroatoms. The second-order valence-corrected chi connectivity index (χ2v) is 5.97. The van der Waals surface area contributed by atoms with Crippen LogP contribution in [-0.4, -0.2) is 23.1 Å². The summed E-state index contributed by atoms with van der Waals surface area (Å²) in [5.41, 5.74) is 0.300. The molecule has 0 fully saturated rings. The van der Waals surface area contributed by atoms with Crippen LogP contribution in [0.15, 0.2) is 36.4 Å². The molecular weight excluding hydrogens is 344 g/mol. The predicted molar refractivity (Wildman–Crippen MR) is 92.5 cm³/mol. The Morgan fingerprint density at radius 3 is 2.54 bits per heavy atom. The van der Waals surface area contributed by atoms with Crippen LogP contribution in [0.4, 0.5) is 14.5 Å². The molecule has 2 rings (SSSR count). The number of carboxylic acid groups (broad SMARTS) is 1. The number of hydrogen-bond acceptors (Lipinski definition) is 3. The van der Waals surface area contributed by atoms with Gasteiger partial charge in [0.1, 0.15) is 17.4 Å². The maximum absolute atomic E-state index is 13.6. The van der Waals surface area contributed by atoms with Crippen molar-refractivity contribution < 1.29 is 28.2 Å². The highest BCUT2D eigenvalue weighted by Crippen LogP contribution is 2.27. The van der Waals surface area contributed by atoms with Crippen molar-refractivity contribution in [1.29, 1.82) is 0 Å². The molecule has 0 bridgehead atoms. The molecule has 2 aromatic rings. The number of hydrogen-bond donors (Lipinski definition) is 2. The lowest BCUT2D eigenvalue weighted by Gasteiger charge is -2.15. The van der Waals surface area contributed by atoms with E-state index in [9.17, 15) is 18.4 Å². The van der Waals surface area contributed by atoms with E-state index in [1.165, 1.54) is 18.2 Å². The topological polar surface area (TPSA) is 75.6 Å². The highest BCUT2D eigenvalue weighted by atomic mass is 19.1. The van der Waals surface area contributed by atoms with Crippen LogP contribution in [0.2, 0.25) is 0 Å². The monoisotopic (exact) mass is 363 g/mol. The van der Waals surface area contributed by atoms with Gasteiger partial charge in [-0.2, -0.15) is 0 Å². The van der Waals surface area contributed by atoms with Gasteiger partial charge in [-0.05, 0) is 62.2 Å². The third kappa shape index (κ3) is 5.27. The molecule has 0 atom stereocenters. The first-order valence-electron chi connectivity index (χ1n) is 8.04. The van der Waals surface area contributed by atoms with E-state index >= 15 is 0 Å². The van der Waals surface area contributed by atoms with E-state index in [2.05, 4.69) is 5.32 Å². The second-order valence-electron chi connectivity index (χ2n) is 5.97. The molecule has 0 aliphatic heterocycles. The van der Waals surface area contributed by atoms with Crippen molar-refractivity contribution in [1.82, 2.24) is 0 Å². The number of nitrogens with one attached hydrogen (secondary N) is 1. The molecule has 26 heavy (non-hydrogen) atoms. The largest absolute Gasteiger partial charge is 0.489 e. The Bertz CT molecular complexity index is 821. The zero-order chi connectivity index (χ0) is 19.3. The maximum atomic E-state index is 13.6. The smallest absolute Gasteiger partial charge is 0.335 e. The van der Waals surface area contributed by atoms with E-state index in [1.54, 1.807) is 13.8 Å². The van der Waals surface area contributed by atoms with Crippen LogP contribution in [-0.2, 0) is 11.2 Å². The van der Waals surface area contributed by atoms with Gasteiger partial charge in [0.15, 0.2) is 0 Å². The average Bonchev–Trinajstić information content (AvgIpc) is 2.56. The number of amides is 1. The van der Waals surface area contributed by atoms with Gasteiger partial charge in [-0.15, -0.1) is 0 Å². The Balaban J connectivity index is 2.12. The van der Waals surface area contributed by atoms with Crippen LogP contribution in [0.25, 0.3) is 0 Å². The summed E-state index contributed by atoms with van der Waals surface area (Å²) in [4.78, 5) is 23.3. The molecule has 0 heterocycles.